The van der Waals surface area contributed by atoms with Crippen LogP contribution in [-0.2, 0) is 4.79 Å². The molecule has 0 aliphatic heterocycles. The molecule has 1 unspecified atom stereocenters. The normalized spacial score (nSPS) is 16.3. The van der Waals surface area contributed by atoms with E-state index in [1.54, 1.807) is 19.0 Å². The van der Waals surface area contributed by atoms with Gasteiger partial charge in [-0.05, 0) is 36.1 Å². The van der Waals surface area contributed by atoms with Gasteiger partial charge >= 0.3 is 0 Å². The van der Waals surface area contributed by atoms with Gasteiger partial charge in [-0.1, -0.05) is 55.3 Å². The Balaban J connectivity index is 1.78. The number of carbonyl (C=O) groups excluding carboxylic acids is 1. The van der Waals surface area contributed by atoms with Crippen LogP contribution in [-0.4, -0.2) is 43.4 Å². The van der Waals surface area contributed by atoms with Crippen molar-refractivity contribution in [3.8, 4) is 0 Å². The highest BCUT2D eigenvalue weighted by Gasteiger charge is 2.18. The van der Waals surface area contributed by atoms with Gasteiger partial charge in [0.25, 0.3) is 0 Å². The number of carbonyl (C=O) groups is 1. The van der Waals surface area contributed by atoms with Crippen LogP contribution in [0.4, 0.5) is 0 Å². The Bertz CT molecular complexity index is 804. The molecular formula is C22H30N4O. The first-order valence-electron chi connectivity index (χ1n) is 9.80. The summed E-state index contributed by atoms with van der Waals surface area (Å²) in [5, 5.41) is 9.51. The van der Waals surface area contributed by atoms with Gasteiger partial charge in [0, 0.05) is 20.1 Å². The highest BCUT2D eigenvalue weighted by atomic mass is 16.2. The van der Waals surface area contributed by atoms with Gasteiger partial charge in [0.05, 0.1) is 6.04 Å². The zero-order chi connectivity index (χ0) is 19.2. The number of amides is 1. The lowest BCUT2D eigenvalue weighted by atomic mass is 10.00. The van der Waals surface area contributed by atoms with Gasteiger partial charge in [-0.15, -0.1) is 0 Å². The second-order valence-electron chi connectivity index (χ2n) is 7.51. The first-order valence-corrected chi connectivity index (χ1v) is 9.80. The zero-order valence-electron chi connectivity index (χ0n) is 16.5. The molecule has 0 spiro atoms. The summed E-state index contributed by atoms with van der Waals surface area (Å²) >= 11 is 0. The number of benzene rings is 2. The van der Waals surface area contributed by atoms with Crippen molar-refractivity contribution < 1.29 is 4.79 Å². The molecule has 1 aliphatic carbocycles. The first-order chi connectivity index (χ1) is 13.0. The SMILES string of the molecule is CC(NC(=NCC(=O)N(C)C)NC1CCCC1)c1cccc2ccccc12. The molecule has 0 heterocycles. The molecule has 0 radical (unpaired) electrons. The summed E-state index contributed by atoms with van der Waals surface area (Å²) in [6.07, 6.45) is 4.82. The predicted octanol–water partition coefficient (Wildman–Crippen LogP) is 3.47. The molecule has 5 heteroatoms. The van der Waals surface area contributed by atoms with Crippen molar-refractivity contribution >= 4 is 22.6 Å². The Morgan fingerprint density at radius 1 is 1.15 bits per heavy atom. The van der Waals surface area contributed by atoms with Crippen molar-refractivity contribution in [1.29, 1.82) is 0 Å². The summed E-state index contributed by atoms with van der Waals surface area (Å²) in [6, 6.07) is 15.3. The Morgan fingerprint density at radius 2 is 1.85 bits per heavy atom. The van der Waals surface area contributed by atoms with E-state index in [0.717, 1.165) is 18.8 Å². The topological polar surface area (TPSA) is 56.7 Å². The van der Waals surface area contributed by atoms with Crippen LogP contribution in [0, 0.1) is 0 Å². The molecule has 27 heavy (non-hydrogen) atoms. The lowest BCUT2D eigenvalue weighted by Crippen LogP contribution is -2.44. The van der Waals surface area contributed by atoms with Crippen LogP contribution in [0.5, 0.6) is 0 Å². The number of rotatable bonds is 5. The van der Waals surface area contributed by atoms with Gasteiger partial charge in [-0.2, -0.15) is 0 Å². The monoisotopic (exact) mass is 366 g/mol. The van der Waals surface area contributed by atoms with Crippen molar-refractivity contribution in [3.63, 3.8) is 0 Å². The molecule has 2 aromatic carbocycles. The van der Waals surface area contributed by atoms with Crippen LogP contribution in [0.2, 0.25) is 0 Å². The maximum absolute atomic E-state index is 12.0. The predicted molar refractivity (Wildman–Crippen MR) is 112 cm³/mol. The van der Waals surface area contributed by atoms with E-state index in [2.05, 4.69) is 65.0 Å². The van der Waals surface area contributed by atoms with Gasteiger partial charge in [0.15, 0.2) is 5.96 Å². The van der Waals surface area contributed by atoms with Crippen LogP contribution >= 0.6 is 0 Å². The zero-order valence-corrected chi connectivity index (χ0v) is 16.5. The standard InChI is InChI=1S/C22H30N4O/c1-16(19-14-8-10-17-9-4-7-13-20(17)19)24-22(23-15-21(27)26(2)3)25-18-11-5-6-12-18/h4,7-10,13-14,16,18H,5-6,11-12,15H2,1-3H3,(H2,23,24,25). The quantitative estimate of drug-likeness (QED) is 0.629. The van der Waals surface area contributed by atoms with E-state index in [0.29, 0.717) is 6.04 Å². The molecule has 1 saturated carbocycles. The van der Waals surface area contributed by atoms with Crippen LogP contribution in [0.3, 0.4) is 0 Å². The van der Waals surface area contributed by atoms with Crippen molar-refractivity contribution in [2.45, 2.75) is 44.7 Å². The average Bonchev–Trinajstić information content (AvgIpc) is 3.18. The summed E-state index contributed by atoms with van der Waals surface area (Å²) in [5.41, 5.74) is 1.23. The Kier molecular flexibility index (Phi) is 6.32. The summed E-state index contributed by atoms with van der Waals surface area (Å²) in [5.74, 6) is 0.720. The molecule has 0 bridgehead atoms. The molecule has 1 amide bonds. The van der Waals surface area contributed by atoms with Gasteiger partial charge in [0.2, 0.25) is 5.91 Å². The number of hydrogen-bond donors (Lipinski definition) is 2. The summed E-state index contributed by atoms with van der Waals surface area (Å²) in [6.45, 7) is 2.29. The Labute approximate surface area is 161 Å². The average molecular weight is 367 g/mol. The second-order valence-corrected chi connectivity index (χ2v) is 7.51. The molecule has 1 atom stereocenters. The van der Waals surface area contributed by atoms with Gasteiger partial charge in [-0.25, -0.2) is 4.99 Å². The number of aliphatic imine (C=N–C) groups is 1. The molecule has 3 rings (SSSR count). The van der Waals surface area contributed by atoms with E-state index in [9.17, 15) is 4.79 Å². The molecule has 0 saturated heterocycles. The number of hydrogen-bond acceptors (Lipinski definition) is 2. The second kappa shape index (κ2) is 8.89. The van der Waals surface area contributed by atoms with E-state index in [1.807, 2.05) is 0 Å². The molecule has 0 aromatic heterocycles. The fraction of sp³-hybridized carbons (Fsp3) is 0.455. The lowest BCUT2D eigenvalue weighted by molar-refractivity contribution is -0.127. The van der Waals surface area contributed by atoms with Gasteiger partial charge in [0.1, 0.15) is 6.54 Å². The summed E-state index contributed by atoms with van der Waals surface area (Å²) in [4.78, 5) is 18.1. The van der Waals surface area contributed by atoms with Crippen molar-refractivity contribution in [1.82, 2.24) is 15.5 Å². The fourth-order valence-electron chi connectivity index (χ4n) is 3.60. The molecule has 5 nitrogen and oxygen atoms in total. The van der Waals surface area contributed by atoms with Gasteiger partial charge < -0.3 is 15.5 Å². The first kappa shape index (κ1) is 19.2. The third-order valence-electron chi connectivity index (χ3n) is 5.21. The molecule has 144 valence electrons. The third kappa shape index (κ3) is 5.00. The number of nitrogens with one attached hydrogen (secondary N) is 2. The minimum Gasteiger partial charge on any atom is -0.354 e. The minimum atomic E-state index is 0.000311. The summed E-state index contributed by atoms with van der Waals surface area (Å²) < 4.78 is 0. The van der Waals surface area contributed by atoms with Crippen LogP contribution in [0.1, 0.15) is 44.2 Å². The maximum Gasteiger partial charge on any atom is 0.243 e. The van der Waals surface area contributed by atoms with Crippen molar-refractivity contribution in [2.24, 2.45) is 4.99 Å². The third-order valence-corrected chi connectivity index (χ3v) is 5.21. The lowest BCUT2D eigenvalue weighted by Gasteiger charge is -2.23. The highest BCUT2D eigenvalue weighted by Crippen LogP contribution is 2.24. The van der Waals surface area contributed by atoms with E-state index in [4.69, 9.17) is 0 Å². The number of guanidine groups is 1. The Morgan fingerprint density at radius 3 is 2.59 bits per heavy atom. The largest absolute Gasteiger partial charge is 0.354 e. The number of nitrogens with zero attached hydrogens (tertiary/aromatic N) is 2. The molecule has 2 aromatic rings. The van der Waals surface area contributed by atoms with Crippen LogP contribution < -0.4 is 10.6 Å². The highest BCUT2D eigenvalue weighted by molar-refractivity contribution is 5.88. The van der Waals surface area contributed by atoms with Crippen LogP contribution in [0.15, 0.2) is 47.5 Å². The van der Waals surface area contributed by atoms with Crippen LogP contribution in [0.25, 0.3) is 10.8 Å². The number of likely N-dealkylation sites (N-methyl/N-ethyl adjacent to an activating group) is 1. The van der Waals surface area contributed by atoms with Crippen molar-refractivity contribution in [3.05, 3.63) is 48.0 Å². The number of fused-ring (bicyclic) bond motifs is 1. The van der Waals surface area contributed by atoms with E-state index in [1.165, 1.54) is 29.2 Å². The molecular weight excluding hydrogens is 336 g/mol. The summed E-state index contributed by atoms with van der Waals surface area (Å²) in [7, 11) is 3.52. The van der Waals surface area contributed by atoms with E-state index < -0.39 is 0 Å². The fourth-order valence-corrected chi connectivity index (χ4v) is 3.60. The molecule has 1 fully saturated rings. The van der Waals surface area contributed by atoms with Gasteiger partial charge in [-0.3, -0.25) is 4.79 Å². The molecule has 2 N–H and O–H groups in total. The smallest absolute Gasteiger partial charge is 0.243 e. The van der Waals surface area contributed by atoms with E-state index >= 15 is 0 Å². The molecule has 1 aliphatic rings. The van der Waals surface area contributed by atoms with Crippen molar-refractivity contribution in [2.75, 3.05) is 20.6 Å². The van der Waals surface area contributed by atoms with E-state index in [-0.39, 0.29) is 18.5 Å². The maximum atomic E-state index is 12.0. The Hall–Kier alpha value is -2.56. The minimum absolute atomic E-state index is 0.000311.